The molecular formula is C18H18N4O3. The molecule has 0 spiro atoms. The van der Waals surface area contributed by atoms with Gasteiger partial charge in [0.05, 0.1) is 7.11 Å². The molecule has 3 rings (SSSR count). The normalized spacial score (nSPS) is 10.4. The molecule has 0 saturated carbocycles. The molecule has 0 aliphatic rings. The lowest BCUT2D eigenvalue weighted by molar-refractivity contribution is -0.121. The van der Waals surface area contributed by atoms with Gasteiger partial charge in [0.1, 0.15) is 11.4 Å². The van der Waals surface area contributed by atoms with E-state index in [1.807, 2.05) is 36.4 Å². The van der Waals surface area contributed by atoms with Gasteiger partial charge in [0.2, 0.25) is 17.6 Å². The van der Waals surface area contributed by atoms with Crippen LogP contribution in [0.25, 0.3) is 11.5 Å². The van der Waals surface area contributed by atoms with Crippen LogP contribution in [0.4, 0.5) is 0 Å². The van der Waals surface area contributed by atoms with Gasteiger partial charge in [0, 0.05) is 31.1 Å². The Balaban J connectivity index is 1.50. The predicted molar refractivity (Wildman–Crippen MR) is 90.7 cm³/mol. The summed E-state index contributed by atoms with van der Waals surface area (Å²) in [5.41, 5.74) is 1.56. The lowest BCUT2D eigenvalue weighted by atomic mass is 10.2. The van der Waals surface area contributed by atoms with Crippen LogP contribution < -0.4 is 10.1 Å². The first-order valence-corrected chi connectivity index (χ1v) is 7.89. The van der Waals surface area contributed by atoms with Gasteiger partial charge >= 0.3 is 0 Å². The van der Waals surface area contributed by atoms with Gasteiger partial charge in [-0.15, -0.1) is 0 Å². The average Bonchev–Trinajstić information content (AvgIpc) is 3.14. The highest BCUT2D eigenvalue weighted by molar-refractivity contribution is 5.76. The van der Waals surface area contributed by atoms with Crippen LogP contribution in [0.15, 0.2) is 53.2 Å². The first kappa shape index (κ1) is 16.6. The molecule has 0 fully saturated rings. The summed E-state index contributed by atoms with van der Waals surface area (Å²) < 4.78 is 10.4. The van der Waals surface area contributed by atoms with E-state index in [1.165, 1.54) is 0 Å². The third kappa shape index (κ3) is 4.41. The van der Waals surface area contributed by atoms with Gasteiger partial charge in [-0.25, -0.2) is 0 Å². The van der Waals surface area contributed by atoms with E-state index >= 15 is 0 Å². The van der Waals surface area contributed by atoms with E-state index < -0.39 is 0 Å². The summed E-state index contributed by atoms with van der Waals surface area (Å²) in [4.78, 5) is 20.4. The van der Waals surface area contributed by atoms with E-state index in [0.29, 0.717) is 30.4 Å². The molecule has 3 aromatic rings. The third-order valence-corrected chi connectivity index (χ3v) is 3.60. The molecule has 7 nitrogen and oxygen atoms in total. The van der Waals surface area contributed by atoms with E-state index in [4.69, 9.17) is 9.26 Å². The predicted octanol–water partition coefficient (Wildman–Crippen LogP) is 2.39. The number of hydrogen-bond donors (Lipinski definition) is 1. The zero-order chi connectivity index (χ0) is 17.5. The Morgan fingerprint density at radius 1 is 1.20 bits per heavy atom. The number of hydrogen-bond acceptors (Lipinski definition) is 6. The molecule has 2 aromatic heterocycles. The number of pyridine rings is 1. The molecular weight excluding hydrogens is 320 g/mol. The number of amides is 1. The molecule has 1 aromatic carbocycles. The van der Waals surface area contributed by atoms with Crippen molar-refractivity contribution < 1.29 is 14.1 Å². The summed E-state index contributed by atoms with van der Waals surface area (Å²) in [6.07, 6.45) is 2.30. The average molecular weight is 338 g/mol. The van der Waals surface area contributed by atoms with Crippen molar-refractivity contribution in [2.24, 2.45) is 0 Å². The second-order valence-corrected chi connectivity index (χ2v) is 5.32. The van der Waals surface area contributed by atoms with Gasteiger partial charge in [-0.2, -0.15) is 4.98 Å². The van der Waals surface area contributed by atoms with Crippen molar-refractivity contribution in [1.82, 2.24) is 20.4 Å². The molecule has 1 N–H and O–H groups in total. The summed E-state index contributed by atoms with van der Waals surface area (Å²) >= 11 is 0. The van der Waals surface area contributed by atoms with E-state index in [-0.39, 0.29) is 12.3 Å². The number of ether oxygens (including phenoxy) is 1. The van der Waals surface area contributed by atoms with Crippen LogP contribution in [-0.4, -0.2) is 28.1 Å². The van der Waals surface area contributed by atoms with Crippen molar-refractivity contribution in [2.45, 2.75) is 19.4 Å². The van der Waals surface area contributed by atoms with Gasteiger partial charge in [-0.1, -0.05) is 29.4 Å². The smallest absolute Gasteiger partial charge is 0.227 e. The molecule has 0 aliphatic carbocycles. The zero-order valence-electron chi connectivity index (χ0n) is 13.8. The Kier molecular flexibility index (Phi) is 5.36. The molecule has 0 radical (unpaired) electrons. The molecule has 128 valence electrons. The van der Waals surface area contributed by atoms with Crippen LogP contribution in [0.2, 0.25) is 0 Å². The maximum absolute atomic E-state index is 12.0. The van der Waals surface area contributed by atoms with Crippen LogP contribution in [0.3, 0.4) is 0 Å². The minimum Gasteiger partial charge on any atom is -0.496 e. The summed E-state index contributed by atoms with van der Waals surface area (Å²) in [5, 5.41) is 6.75. The molecule has 0 saturated heterocycles. The Bertz CT molecular complexity index is 833. The number of nitrogens with one attached hydrogen (secondary N) is 1. The van der Waals surface area contributed by atoms with Gasteiger partial charge in [0.25, 0.3) is 0 Å². The number of carbonyl (C=O) groups excluding carboxylic acids is 1. The van der Waals surface area contributed by atoms with Crippen LogP contribution >= 0.6 is 0 Å². The quantitative estimate of drug-likeness (QED) is 0.711. The Hall–Kier alpha value is -3.22. The Labute approximate surface area is 145 Å². The number of benzene rings is 1. The summed E-state index contributed by atoms with van der Waals surface area (Å²) in [6, 6.07) is 13.0. The summed E-state index contributed by atoms with van der Waals surface area (Å²) in [6.45, 7) is 0.409. The fraction of sp³-hybridized carbons (Fsp3) is 0.222. The number of aryl methyl sites for hydroxylation is 1. The largest absolute Gasteiger partial charge is 0.496 e. The minimum atomic E-state index is -0.0940. The highest BCUT2D eigenvalue weighted by Crippen LogP contribution is 2.17. The van der Waals surface area contributed by atoms with Gasteiger partial charge in [-0.05, 0) is 18.2 Å². The highest BCUT2D eigenvalue weighted by Gasteiger charge is 2.11. The lowest BCUT2D eigenvalue weighted by Crippen LogP contribution is -2.23. The second-order valence-electron chi connectivity index (χ2n) is 5.32. The van der Waals surface area contributed by atoms with E-state index in [2.05, 4.69) is 20.4 Å². The first-order valence-electron chi connectivity index (χ1n) is 7.89. The molecule has 1 amide bonds. The van der Waals surface area contributed by atoms with Crippen molar-refractivity contribution in [2.75, 3.05) is 7.11 Å². The maximum atomic E-state index is 12.0. The van der Waals surface area contributed by atoms with Crippen molar-refractivity contribution >= 4 is 5.91 Å². The SMILES string of the molecule is COc1ccccc1CNC(=O)CCc1nc(-c2ccccn2)no1. The number of para-hydroxylation sites is 1. The minimum absolute atomic E-state index is 0.0940. The fourth-order valence-corrected chi connectivity index (χ4v) is 2.31. The molecule has 2 heterocycles. The van der Waals surface area contributed by atoms with Gasteiger partial charge < -0.3 is 14.6 Å². The summed E-state index contributed by atoms with van der Waals surface area (Å²) in [5.74, 6) is 1.49. The van der Waals surface area contributed by atoms with Crippen molar-refractivity contribution in [3.05, 3.63) is 60.1 Å². The molecule has 25 heavy (non-hydrogen) atoms. The number of nitrogens with zero attached hydrogens (tertiary/aromatic N) is 3. The highest BCUT2D eigenvalue weighted by atomic mass is 16.5. The van der Waals surface area contributed by atoms with Crippen LogP contribution in [0.5, 0.6) is 5.75 Å². The number of carbonyl (C=O) groups is 1. The number of rotatable bonds is 7. The fourth-order valence-electron chi connectivity index (χ4n) is 2.31. The van der Waals surface area contributed by atoms with E-state index in [0.717, 1.165) is 11.3 Å². The number of methoxy groups -OCH3 is 1. The Morgan fingerprint density at radius 2 is 2.04 bits per heavy atom. The molecule has 0 unspecified atom stereocenters. The second kappa shape index (κ2) is 8.05. The van der Waals surface area contributed by atoms with Crippen LogP contribution in [0.1, 0.15) is 17.9 Å². The Morgan fingerprint density at radius 3 is 2.84 bits per heavy atom. The zero-order valence-corrected chi connectivity index (χ0v) is 13.8. The lowest BCUT2D eigenvalue weighted by Gasteiger charge is -2.09. The van der Waals surface area contributed by atoms with Crippen molar-refractivity contribution in [1.29, 1.82) is 0 Å². The first-order chi connectivity index (χ1) is 12.3. The van der Waals surface area contributed by atoms with E-state index in [1.54, 1.807) is 19.4 Å². The molecule has 7 heteroatoms. The third-order valence-electron chi connectivity index (χ3n) is 3.60. The van der Waals surface area contributed by atoms with Gasteiger partial charge in [0.15, 0.2) is 0 Å². The number of aromatic nitrogens is 3. The maximum Gasteiger partial charge on any atom is 0.227 e. The summed E-state index contributed by atoms with van der Waals surface area (Å²) in [7, 11) is 1.61. The van der Waals surface area contributed by atoms with Crippen molar-refractivity contribution in [3.63, 3.8) is 0 Å². The topological polar surface area (TPSA) is 90.1 Å². The molecule has 0 atom stereocenters. The van der Waals surface area contributed by atoms with Crippen LogP contribution in [-0.2, 0) is 17.8 Å². The molecule has 0 bridgehead atoms. The van der Waals surface area contributed by atoms with E-state index in [9.17, 15) is 4.79 Å². The monoisotopic (exact) mass is 338 g/mol. The van der Waals surface area contributed by atoms with Crippen LogP contribution in [0, 0.1) is 0 Å². The van der Waals surface area contributed by atoms with Gasteiger partial charge in [-0.3, -0.25) is 9.78 Å². The molecule has 0 aliphatic heterocycles. The standard InChI is InChI=1S/C18H18N4O3/c1-24-15-8-3-2-6-13(15)12-20-16(23)9-10-17-21-18(22-25-17)14-7-4-5-11-19-14/h2-8,11H,9-10,12H2,1H3,(H,20,23). The van der Waals surface area contributed by atoms with Crippen molar-refractivity contribution in [3.8, 4) is 17.3 Å².